The fourth-order valence-electron chi connectivity index (χ4n) is 2.15. The highest BCUT2D eigenvalue weighted by Gasteiger charge is 2.12. The summed E-state index contributed by atoms with van der Waals surface area (Å²) in [6.07, 6.45) is 3.78. The van der Waals surface area contributed by atoms with Crippen LogP contribution >= 0.6 is 0 Å². The molecule has 1 heterocycles. The first-order valence-electron chi connectivity index (χ1n) is 6.17. The molecule has 17 heavy (non-hydrogen) atoms. The van der Waals surface area contributed by atoms with Crippen molar-refractivity contribution in [3.05, 3.63) is 59.0 Å². The van der Waals surface area contributed by atoms with Gasteiger partial charge in [-0.25, -0.2) is 0 Å². The van der Waals surface area contributed by atoms with E-state index in [2.05, 4.69) is 32.0 Å². The minimum absolute atomic E-state index is 0.166. The molecule has 0 amide bonds. The Hall–Kier alpha value is -1.54. The average Bonchev–Trinajstić information content (AvgIpc) is 2.90. The van der Waals surface area contributed by atoms with Crippen molar-refractivity contribution in [2.24, 2.45) is 5.73 Å². The molecule has 2 heteroatoms. The van der Waals surface area contributed by atoms with Gasteiger partial charge in [0.25, 0.3) is 0 Å². The van der Waals surface area contributed by atoms with Crippen LogP contribution in [0, 0.1) is 0 Å². The molecule has 0 saturated heterocycles. The molecule has 1 atom stereocenters. The molecule has 0 saturated carbocycles. The molecule has 0 bridgehead atoms. The van der Waals surface area contributed by atoms with Gasteiger partial charge in [0.15, 0.2) is 0 Å². The van der Waals surface area contributed by atoms with Gasteiger partial charge in [0.1, 0.15) is 5.76 Å². The van der Waals surface area contributed by atoms with Crippen LogP contribution in [0.15, 0.2) is 41.0 Å². The van der Waals surface area contributed by atoms with E-state index in [1.54, 1.807) is 6.26 Å². The van der Waals surface area contributed by atoms with Crippen LogP contribution in [0.2, 0.25) is 0 Å². The highest BCUT2D eigenvalue weighted by Crippen LogP contribution is 2.23. The maximum Gasteiger partial charge on any atom is 0.124 e. The van der Waals surface area contributed by atoms with E-state index >= 15 is 0 Å². The minimum atomic E-state index is -0.166. The van der Waals surface area contributed by atoms with Crippen molar-refractivity contribution < 1.29 is 4.42 Å². The Bertz CT molecular complexity index is 474. The number of hydrogen-bond acceptors (Lipinski definition) is 2. The summed E-state index contributed by atoms with van der Waals surface area (Å²) in [7, 11) is 0. The molecular weight excluding hydrogens is 210 g/mol. The number of nitrogens with two attached hydrogens (primary N) is 1. The summed E-state index contributed by atoms with van der Waals surface area (Å²) >= 11 is 0. The van der Waals surface area contributed by atoms with E-state index in [9.17, 15) is 0 Å². The largest absolute Gasteiger partial charge is 0.467 e. The normalized spacial score (nSPS) is 12.6. The molecule has 0 fully saturated rings. The smallest absolute Gasteiger partial charge is 0.124 e. The number of hydrogen-bond donors (Lipinski definition) is 1. The first-order valence-corrected chi connectivity index (χ1v) is 6.17. The highest BCUT2D eigenvalue weighted by atomic mass is 16.3. The van der Waals surface area contributed by atoms with E-state index in [-0.39, 0.29) is 6.04 Å². The standard InChI is InChI=1S/C15H19NO/c1-3-11-7-8-13(10-12(11)4-2)15(16)14-6-5-9-17-14/h5-10,15H,3-4,16H2,1-2H3. The first-order chi connectivity index (χ1) is 8.26. The number of furan rings is 1. The van der Waals surface area contributed by atoms with Crippen LogP contribution in [-0.4, -0.2) is 0 Å². The van der Waals surface area contributed by atoms with Gasteiger partial charge in [-0.2, -0.15) is 0 Å². The molecule has 2 N–H and O–H groups in total. The summed E-state index contributed by atoms with van der Waals surface area (Å²) in [5, 5.41) is 0. The van der Waals surface area contributed by atoms with E-state index < -0.39 is 0 Å². The van der Waals surface area contributed by atoms with Crippen LogP contribution in [0.5, 0.6) is 0 Å². The monoisotopic (exact) mass is 229 g/mol. The Balaban J connectivity index is 2.33. The lowest BCUT2D eigenvalue weighted by Crippen LogP contribution is -2.11. The van der Waals surface area contributed by atoms with Crippen LogP contribution in [0.25, 0.3) is 0 Å². The second kappa shape index (κ2) is 5.19. The SMILES string of the molecule is CCc1ccc(C(N)c2ccco2)cc1CC. The van der Waals surface area contributed by atoms with Crippen molar-refractivity contribution in [2.75, 3.05) is 0 Å². The zero-order valence-electron chi connectivity index (χ0n) is 10.4. The third-order valence-corrected chi connectivity index (χ3v) is 3.20. The van der Waals surface area contributed by atoms with Crippen molar-refractivity contribution in [3.63, 3.8) is 0 Å². The number of benzene rings is 1. The van der Waals surface area contributed by atoms with Gasteiger partial charge in [0, 0.05) is 0 Å². The van der Waals surface area contributed by atoms with Crippen molar-refractivity contribution in [1.82, 2.24) is 0 Å². The lowest BCUT2D eigenvalue weighted by Gasteiger charge is -2.13. The van der Waals surface area contributed by atoms with Crippen LogP contribution in [0.4, 0.5) is 0 Å². The summed E-state index contributed by atoms with van der Waals surface area (Å²) < 4.78 is 5.35. The maximum atomic E-state index is 6.18. The third-order valence-electron chi connectivity index (χ3n) is 3.20. The van der Waals surface area contributed by atoms with E-state index in [1.807, 2.05) is 12.1 Å². The minimum Gasteiger partial charge on any atom is -0.467 e. The van der Waals surface area contributed by atoms with Gasteiger partial charge < -0.3 is 10.2 Å². The Morgan fingerprint density at radius 3 is 2.47 bits per heavy atom. The number of aryl methyl sites for hydroxylation is 2. The summed E-state index contributed by atoms with van der Waals surface area (Å²) in [6, 6.07) is 10.1. The van der Waals surface area contributed by atoms with Crippen molar-refractivity contribution in [3.8, 4) is 0 Å². The van der Waals surface area contributed by atoms with Gasteiger partial charge >= 0.3 is 0 Å². The lowest BCUT2D eigenvalue weighted by atomic mass is 9.96. The molecule has 2 nitrogen and oxygen atoms in total. The van der Waals surface area contributed by atoms with E-state index in [0.29, 0.717) is 0 Å². The lowest BCUT2D eigenvalue weighted by molar-refractivity contribution is 0.489. The van der Waals surface area contributed by atoms with Gasteiger partial charge in [0.2, 0.25) is 0 Å². The average molecular weight is 229 g/mol. The molecule has 0 radical (unpaired) electrons. The van der Waals surface area contributed by atoms with Gasteiger partial charge in [-0.3, -0.25) is 0 Å². The zero-order valence-corrected chi connectivity index (χ0v) is 10.4. The van der Waals surface area contributed by atoms with Crippen LogP contribution < -0.4 is 5.73 Å². The van der Waals surface area contributed by atoms with Crippen LogP contribution in [-0.2, 0) is 12.8 Å². The second-order valence-electron chi connectivity index (χ2n) is 4.23. The summed E-state index contributed by atoms with van der Waals surface area (Å²) in [4.78, 5) is 0. The predicted octanol–water partition coefficient (Wildman–Crippen LogP) is 3.45. The maximum absolute atomic E-state index is 6.18. The van der Waals surface area contributed by atoms with Gasteiger partial charge in [-0.05, 0) is 41.7 Å². The fraction of sp³-hybridized carbons (Fsp3) is 0.333. The first kappa shape index (κ1) is 11.9. The van der Waals surface area contributed by atoms with Crippen LogP contribution in [0.1, 0.15) is 42.3 Å². The highest BCUT2D eigenvalue weighted by molar-refractivity contribution is 5.36. The quantitative estimate of drug-likeness (QED) is 0.872. The molecular formula is C15H19NO. The third kappa shape index (κ3) is 2.42. The molecule has 1 unspecified atom stereocenters. The summed E-state index contributed by atoms with van der Waals surface area (Å²) in [6.45, 7) is 4.36. The Morgan fingerprint density at radius 1 is 1.12 bits per heavy atom. The predicted molar refractivity (Wildman–Crippen MR) is 69.9 cm³/mol. The van der Waals surface area contributed by atoms with Gasteiger partial charge in [0.05, 0.1) is 12.3 Å². The molecule has 2 rings (SSSR count). The summed E-state index contributed by atoms with van der Waals surface area (Å²) in [5.74, 6) is 0.816. The van der Waals surface area contributed by atoms with Crippen molar-refractivity contribution >= 4 is 0 Å². The second-order valence-corrected chi connectivity index (χ2v) is 4.23. The van der Waals surface area contributed by atoms with E-state index in [0.717, 1.165) is 24.2 Å². The van der Waals surface area contributed by atoms with E-state index in [4.69, 9.17) is 10.2 Å². The van der Waals surface area contributed by atoms with Crippen molar-refractivity contribution in [1.29, 1.82) is 0 Å². The molecule has 0 aliphatic carbocycles. The Labute approximate surface area is 102 Å². The number of rotatable bonds is 4. The van der Waals surface area contributed by atoms with E-state index in [1.165, 1.54) is 11.1 Å². The molecule has 1 aromatic heterocycles. The zero-order chi connectivity index (χ0) is 12.3. The molecule has 1 aromatic carbocycles. The molecule has 90 valence electrons. The van der Waals surface area contributed by atoms with Gasteiger partial charge in [-0.15, -0.1) is 0 Å². The summed E-state index contributed by atoms with van der Waals surface area (Å²) in [5.41, 5.74) is 10.1. The molecule has 0 spiro atoms. The molecule has 0 aliphatic heterocycles. The molecule has 0 aliphatic rings. The van der Waals surface area contributed by atoms with Crippen LogP contribution in [0.3, 0.4) is 0 Å². The van der Waals surface area contributed by atoms with Gasteiger partial charge in [-0.1, -0.05) is 32.0 Å². The molecule has 2 aromatic rings. The van der Waals surface area contributed by atoms with Crippen molar-refractivity contribution in [2.45, 2.75) is 32.7 Å². The Morgan fingerprint density at radius 2 is 1.88 bits per heavy atom. The fourth-order valence-corrected chi connectivity index (χ4v) is 2.15. The Kier molecular flexibility index (Phi) is 3.64. The topological polar surface area (TPSA) is 39.2 Å².